The van der Waals surface area contributed by atoms with E-state index in [0.29, 0.717) is 10.7 Å². The molecule has 0 saturated heterocycles. The number of carbonyl (C=O) groups excluding carboxylic acids is 2. The summed E-state index contributed by atoms with van der Waals surface area (Å²) in [4.78, 5) is 28.6. The predicted octanol–water partition coefficient (Wildman–Crippen LogP) is 5.79. The second-order valence-electron chi connectivity index (χ2n) is 10.2. The molecule has 2 amide bonds. The Balaban J connectivity index is 2.04. The smallest absolute Gasteiger partial charge is 0.264 e. The quantitative estimate of drug-likeness (QED) is 0.309. The number of sulfonamides is 1. The van der Waals surface area contributed by atoms with E-state index in [2.05, 4.69) is 5.32 Å². The summed E-state index contributed by atoms with van der Waals surface area (Å²) in [5, 5.41) is 3.48. The average molecular weight is 584 g/mol. The van der Waals surface area contributed by atoms with Crippen LogP contribution in [0.5, 0.6) is 0 Å². The van der Waals surface area contributed by atoms with Crippen LogP contribution in [0.15, 0.2) is 71.6 Å². The van der Waals surface area contributed by atoms with Gasteiger partial charge < -0.3 is 10.2 Å². The maximum absolute atomic E-state index is 14.0. The van der Waals surface area contributed by atoms with E-state index >= 15 is 0 Å². The van der Waals surface area contributed by atoms with Crippen LogP contribution in [0.3, 0.4) is 0 Å². The van der Waals surface area contributed by atoms with Crippen molar-refractivity contribution in [2.75, 3.05) is 10.8 Å². The molecule has 0 fully saturated rings. The number of anilines is 1. The highest BCUT2D eigenvalue weighted by Crippen LogP contribution is 2.27. The highest BCUT2D eigenvalue weighted by atomic mass is 35.5. The van der Waals surface area contributed by atoms with Crippen molar-refractivity contribution < 1.29 is 18.0 Å². The van der Waals surface area contributed by atoms with Gasteiger partial charge >= 0.3 is 0 Å². The molecule has 0 heterocycles. The minimum atomic E-state index is -4.11. The zero-order valence-corrected chi connectivity index (χ0v) is 25.5. The lowest BCUT2D eigenvalue weighted by Crippen LogP contribution is -2.52. The number of hydrogen-bond donors (Lipinski definition) is 1. The van der Waals surface area contributed by atoms with Gasteiger partial charge in [0.1, 0.15) is 12.6 Å². The topological polar surface area (TPSA) is 86.8 Å². The number of benzene rings is 3. The molecule has 0 aliphatic carbocycles. The fraction of sp³-hybridized carbons (Fsp3) is 0.355. The lowest BCUT2D eigenvalue weighted by molar-refractivity contribution is -0.139. The molecule has 0 aliphatic rings. The first kappa shape index (κ1) is 31.2. The molecule has 7 nitrogen and oxygen atoms in total. The van der Waals surface area contributed by atoms with Gasteiger partial charge in [-0.3, -0.25) is 13.9 Å². The summed E-state index contributed by atoms with van der Waals surface area (Å²) in [5.41, 5.74) is 3.96. The molecule has 40 heavy (non-hydrogen) atoms. The van der Waals surface area contributed by atoms with Crippen LogP contribution in [-0.4, -0.2) is 43.8 Å². The number of aryl methyl sites for hydroxylation is 3. The van der Waals surface area contributed by atoms with Gasteiger partial charge in [-0.15, -0.1) is 0 Å². The Bertz CT molecular complexity index is 1440. The van der Waals surface area contributed by atoms with Crippen LogP contribution in [0.25, 0.3) is 0 Å². The van der Waals surface area contributed by atoms with Crippen molar-refractivity contribution in [2.45, 2.75) is 71.5 Å². The average Bonchev–Trinajstić information content (AvgIpc) is 2.92. The number of halogens is 1. The lowest BCUT2D eigenvalue weighted by Gasteiger charge is -2.32. The van der Waals surface area contributed by atoms with Gasteiger partial charge in [-0.05, 0) is 94.1 Å². The first-order chi connectivity index (χ1) is 18.8. The maximum Gasteiger partial charge on any atom is 0.264 e. The van der Waals surface area contributed by atoms with Gasteiger partial charge in [-0.25, -0.2) is 8.42 Å². The fourth-order valence-electron chi connectivity index (χ4n) is 4.08. The number of nitrogens with zero attached hydrogens (tertiary/aromatic N) is 2. The summed E-state index contributed by atoms with van der Waals surface area (Å²) in [7, 11) is -4.11. The third-order valence-corrected chi connectivity index (χ3v) is 9.14. The van der Waals surface area contributed by atoms with Gasteiger partial charge in [0.25, 0.3) is 10.0 Å². The molecule has 214 valence electrons. The molecule has 0 radical (unpaired) electrons. The zero-order chi connectivity index (χ0) is 29.6. The molecule has 0 saturated carbocycles. The Hall–Kier alpha value is -3.36. The Morgan fingerprint density at radius 1 is 0.900 bits per heavy atom. The summed E-state index contributed by atoms with van der Waals surface area (Å²) in [6, 6.07) is 17.9. The largest absolute Gasteiger partial charge is 0.352 e. The van der Waals surface area contributed by atoms with Crippen molar-refractivity contribution >= 4 is 39.1 Å². The van der Waals surface area contributed by atoms with E-state index in [9.17, 15) is 18.0 Å². The van der Waals surface area contributed by atoms with Gasteiger partial charge in [-0.2, -0.15) is 0 Å². The van der Waals surface area contributed by atoms with Gasteiger partial charge in [0.15, 0.2) is 0 Å². The highest BCUT2D eigenvalue weighted by molar-refractivity contribution is 7.92. The minimum absolute atomic E-state index is 0.0728. The van der Waals surface area contributed by atoms with E-state index in [4.69, 9.17) is 11.6 Å². The van der Waals surface area contributed by atoms with Crippen LogP contribution in [0.2, 0.25) is 5.02 Å². The Morgan fingerprint density at radius 2 is 1.52 bits per heavy atom. The molecule has 3 rings (SSSR count). The van der Waals surface area contributed by atoms with Crippen molar-refractivity contribution in [1.82, 2.24) is 10.2 Å². The molecule has 2 atom stereocenters. The number of nitrogens with one attached hydrogen (secondary N) is 1. The van der Waals surface area contributed by atoms with E-state index in [1.54, 1.807) is 55.5 Å². The van der Waals surface area contributed by atoms with Crippen LogP contribution in [0.4, 0.5) is 5.69 Å². The minimum Gasteiger partial charge on any atom is -0.352 e. The molecular weight excluding hydrogens is 546 g/mol. The van der Waals surface area contributed by atoms with E-state index in [1.165, 1.54) is 17.0 Å². The maximum atomic E-state index is 14.0. The SMILES string of the molecule is CC[C@H](C)NC(=O)[C@@H](C)N(Cc1ccc(Cl)cc1)C(=O)CN(c1ccc(C)c(C)c1)S(=O)(=O)c1ccc(C)cc1. The standard InChI is InChI=1S/C31H38ClN3O4S/c1-7-24(5)33-31(37)25(6)34(19-26-11-13-27(32)14-12-26)30(36)20-35(28-15-10-22(3)23(4)18-28)40(38,39)29-16-8-21(2)9-17-29/h8-18,24-25H,7,19-20H2,1-6H3,(H,33,37)/t24-,25+/m0/s1. The number of rotatable bonds is 11. The molecule has 9 heteroatoms. The monoisotopic (exact) mass is 583 g/mol. The van der Waals surface area contributed by atoms with E-state index in [-0.39, 0.29) is 23.4 Å². The van der Waals surface area contributed by atoms with Gasteiger partial charge in [0.2, 0.25) is 11.8 Å². The van der Waals surface area contributed by atoms with Crippen LogP contribution < -0.4 is 9.62 Å². The fourth-order valence-corrected chi connectivity index (χ4v) is 5.61. The van der Waals surface area contributed by atoms with Crippen molar-refractivity contribution in [3.05, 3.63) is 94.0 Å². The Kier molecular flexibility index (Phi) is 10.4. The third-order valence-electron chi connectivity index (χ3n) is 7.10. The normalized spacial score (nSPS) is 12.9. The second kappa shape index (κ2) is 13.3. The third kappa shape index (κ3) is 7.64. The van der Waals surface area contributed by atoms with Crippen molar-refractivity contribution in [2.24, 2.45) is 0 Å². The molecule has 0 bridgehead atoms. The van der Waals surface area contributed by atoms with Gasteiger partial charge in [0.05, 0.1) is 10.6 Å². The molecule has 0 spiro atoms. The number of hydrogen-bond acceptors (Lipinski definition) is 4. The lowest BCUT2D eigenvalue weighted by atomic mass is 10.1. The van der Waals surface area contributed by atoms with Crippen LogP contribution in [-0.2, 0) is 26.2 Å². The molecule has 0 aliphatic heterocycles. The number of carbonyl (C=O) groups is 2. The second-order valence-corrected chi connectivity index (χ2v) is 12.5. The van der Waals surface area contributed by atoms with Crippen molar-refractivity contribution in [1.29, 1.82) is 0 Å². The summed E-state index contributed by atoms with van der Waals surface area (Å²) < 4.78 is 29.0. The molecule has 3 aromatic rings. The van der Waals surface area contributed by atoms with Crippen LogP contribution in [0.1, 0.15) is 49.4 Å². The van der Waals surface area contributed by atoms with E-state index in [0.717, 1.165) is 33.0 Å². The van der Waals surface area contributed by atoms with E-state index in [1.807, 2.05) is 40.7 Å². The molecule has 1 N–H and O–H groups in total. The number of amides is 2. The van der Waals surface area contributed by atoms with Crippen LogP contribution in [0, 0.1) is 20.8 Å². The predicted molar refractivity (Wildman–Crippen MR) is 161 cm³/mol. The molecular formula is C31H38ClN3O4S. The molecule has 0 aromatic heterocycles. The highest BCUT2D eigenvalue weighted by Gasteiger charge is 2.33. The van der Waals surface area contributed by atoms with Gasteiger partial charge in [-0.1, -0.05) is 54.4 Å². The molecule has 0 unspecified atom stereocenters. The summed E-state index contributed by atoms with van der Waals surface area (Å²) in [6.45, 7) is 10.8. The Morgan fingerprint density at radius 3 is 2.10 bits per heavy atom. The Labute approximate surface area is 243 Å². The first-order valence-electron chi connectivity index (χ1n) is 13.3. The van der Waals surface area contributed by atoms with Crippen molar-refractivity contribution in [3.63, 3.8) is 0 Å². The molecule has 3 aromatic carbocycles. The van der Waals surface area contributed by atoms with Crippen LogP contribution >= 0.6 is 11.6 Å². The summed E-state index contributed by atoms with van der Waals surface area (Å²) in [5.74, 6) is -0.813. The first-order valence-corrected chi connectivity index (χ1v) is 15.2. The summed E-state index contributed by atoms with van der Waals surface area (Å²) >= 11 is 6.06. The summed E-state index contributed by atoms with van der Waals surface area (Å²) in [6.07, 6.45) is 0.735. The van der Waals surface area contributed by atoms with Gasteiger partial charge in [0, 0.05) is 17.6 Å². The zero-order valence-electron chi connectivity index (χ0n) is 23.9. The van der Waals surface area contributed by atoms with Crippen molar-refractivity contribution in [3.8, 4) is 0 Å². The van der Waals surface area contributed by atoms with E-state index < -0.39 is 28.5 Å².